The average molecular weight is 321 g/mol. The molecule has 2 heterocycles. The first-order chi connectivity index (χ1) is 11.3. The fraction of sp³-hybridized carbons (Fsp3) is 0.167. The quantitative estimate of drug-likeness (QED) is 0.791. The fourth-order valence-corrected chi connectivity index (χ4v) is 3.45. The van der Waals surface area contributed by atoms with E-state index in [0.29, 0.717) is 11.0 Å². The predicted octanol–water partition coefficient (Wildman–Crippen LogP) is 3.95. The van der Waals surface area contributed by atoms with Gasteiger partial charge in [0.05, 0.1) is 5.69 Å². The van der Waals surface area contributed by atoms with Crippen LogP contribution in [-0.2, 0) is 4.79 Å². The van der Waals surface area contributed by atoms with Crippen molar-refractivity contribution in [2.45, 2.75) is 12.3 Å². The van der Waals surface area contributed by atoms with Gasteiger partial charge in [0.2, 0.25) is 5.91 Å². The zero-order valence-electron chi connectivity index (χ0n) is 12.3. The molecule has 0 radical (unpaired) electrons. The highest BCUT2D eigenvalue weighted by Crippen LogP contribution is 2.48. The summed E-state index contributed by atoms with van der Waals surface area (Å²) in [5.74, 6) is 0.461. The number of rotatable bonds is 4. The van der Waals surface area contributed by atoms with Gasteiger partial charge in [-0.1, -0.05) is 30.3 Å². The molecule has 4 rings (SSSR count). The number of amides is 1. The molecule has 1 fully saturated rings. The number of carbonyl (C=O) groups excluding carboxylic acids is 1. The van der Waals surface area contributed by atoms with Crippen LogP contribution in [0, 0.1) is 5.92 Å². The summed E-state index contributed by atoms with van der Waals surface area (Å²) in [6.07, 6.45) is 4.42. The molecule has 2 aromatic heterocycles. The molecule has 0 spiro atoms. The number of nitrogens with zero attached hydrogens (tertiary/aromatic N) is 2. The van der Waals surface area contributed by atoms with E-state index in [1.807, 2.05) is 35.7 Å². The second-order valence-corrected chi connectivity index (χ2v) is 6.49. The summed E-state index contributed by atoms with van der Waals surface area (Å²) in [7, 11) is 0. The van der Waals surface area contributed by atoms with Crippen molar-refractivity contribution in [3.63, 3.8) is 0 Å². The maximum Gasteiger partial charge on any atom is 0.229 e. The van der Waals surface area contributed by atoms with Gasteiger partial charge in [-0.05, 0) is 30.0 Å². The summed E-state index contributed by atoms with van der Waals surface area (Å²) in [6.45, 7) is 0. The van der Waals surface area contributed by atoms with Gasteiger partial charge in [0.15, 0.2) is 5.13 Å². The molecule has 114 valence electrons. The maximum absolute atomic E-state index is 12.3. The summed E-state index contributed by atoms with van der Waals surface area (Å²) >= 11 is 1.44. The third kappa shape index (κ3) is 3.00. The van der Waals surface area contributed by atoms with Crippen LogP contribution in [0.4, 0.5) is 5.13 Å². The Morgan fingerprint density at radius 3 is 2.83 bits per heavy atom. The molecular formula is C18H15N3OS. The van der Waals surface area contributed by atoms with E-state index in [1.165, 1.54) is 16.9 Å². The Hall–Kier alpha value is -2.53. The summed E-state index contributed by atoms with van der Waals surface area (Å²) in [4.78, 5) is 20.9. The molecule has 4 nitrogen and oxygen atoms in total. The Kier molecular flexibility index (Phi) is 3.63. The molecule has 3 aromatic rings. The Bertz CT molecular complexity index is 817. The summed E-state index contributed by atoms with van der Waals surface area (Å²) in [6, 6.07) is 14.0. The Balaban J connectivity index is 1.42. The number of aromatic nitrogens is 2. The first-order valence-corrected chi connectivity index (χ1v) is 8.41. The first kappa shape index (κ1) is 14.1. The molecular weight excluding hydrogens is 306 g/mol. The zero-order chi connectivity index (χ0) is 15.6. The summed E-state index contributed by atoms with van der Waals surface area (Å²) < 4.78 is 0. The topological polar surface area (TPSA) is 54.9 Å². The minimum Gasteiger partial charge on any atom is -0.302 e. The molecule has 0 aliphatic heterocycles. The Labute approximate surface area is 138 Å². The van der Waals surface area contributed by atoms with Crippen LogP contribution in [0.5, 0.6) is 0 Å². The summed E-state index contributed by atoms with van der Waals surface area (Å²) in [5, 5.41) is 5.53. The van der Waals surface area contributed by atoms with Crippen LogP contribution < -0.4 is 5.32 Å². The van der Waals surface area contributed by atoms with Crippen molar-refractivity contribution in [2.75, 3.05) is 5.32 Å². The van der Waals surface area contributed by atoms with E-state index in [1.54, 1.807) is 12.4 Å². The lowest BCUT2D eigenvalue weighted by Crippen LogP contribution is -2.14. The van der Waals surface area contributed by atoms with Gasteiger partial charge in [0.1, 0.15) is 0 Å². The molecule has 1 aliphatic rings. The second-order valence-electron chi connectivity index (χ2n) is 5.63. The van der Waals surface area contributed by atoms with Crippen molar-refractivity contribution in [1.29, 1.82) is 0 Å². The average Bonchev–Trinajstić information content (AvgIpc) is 3.29. The third-order valence-electron chi connectivity index (χ3n) is 4.05. The molecule has 2 atom stereocenters. The summed E-state index contributed by atoms with van der Waals surface area (Å²) in [5.41, 5.74) is 3.04. The molecule has 5 heteroatoms. The Morgan fingerprint density at radius 1 is 1.17 bits per heavy atom. The van der Waals surface area contributed by atoms with Gasteiger partial charge >= 0.3 is 0 Å². The van der Waals surface area contributed by atoms with E-state index < -0.39 is 0 Å². The highest BCUT2D eigenvalue weighted by Gasteiger charge is 2.44. The van der Waals surface area contributed by atoms with Crippen LogP contribution >= 0.6 is 11.3 Å². The van der Waals surface area contributed by atoms with Crippen LogP contribution in [0.1, 0.15) is 17.9 Å². The molecule has 1 amide bonds. The number of benzene rings is 1. The molecule has 2 unspecified atom stereocenters. The van der Waals surface area contributed by atoms with Crippen LogP contribution in [-0.4, -0.2) is 15.9 Å². The minimum absolute atomic E-state index is 0.0585. The monoisotopic (exact) mass is 321 g/mol. The van der Waals surface area contributed by atoms with Gasteiger partial charge in [-0.15, -0.1) is 11.3 Å². The number of pyridine rings is 1. The lowest BCUT2D eigenvalue weighted by molar-refractivity contribution is -0.117. The van der Waals surface area contributed by atoms with E-state index >= 15 is 0 Å². The number of nitrogens with one attached hydrogen (secondary N) is 1. The SMILES string of the molecule is O=C(Nc1nc(-c2cccnc2)cs1)C1CC1c1ccccc1. The first-order valence-electron chi connectivity index (χ1n) is 7.53. The van der Waals surface area contributed by atoms with E-state index in [2.05, 4.69) is 27.4 Å². The van der Waals surface area contributed by atoms with Gasteiger partial charge in [-0.3, -0.25) is 9.78 Å². The van der Waals surface area contributed by atoms with Gasteiger partial charge < -0.3 is 5.32 Å². The van der Waals surface area contributed by atoms with E-state index in [4.69, 9.17) is 0 Å². The van der Waals surface area contributed by atoms with Gasteiger partial charge in [-0.2, -0.15) is 0 Å². The van der Waals surface area contributed by atoms with Crippen LogP contribution in [0.25, 0.3) is 11.3 Å². The van der Waals surface area contributed by atoms with Gasteiger partial charge in [0, 0.05) is 29.3 Å². The largest absolute Gasteiger partial charge is 0.302 e. The second kappa shape index (κ2) is 5.93. The van der Waals surface area contributed by atoms with Crippen molar-refractivity contribution in [2.24, 2.45) is 5.92 Å². The smallest absolute Gasteiger partial charge is 0.229 e. The fourth-order valence-electron chi connectivity index (χ4n) is 2.73. The lowest BCUT2D eigenvalue weighted by atomic mass is 10.1. The van der Waals surface area contributed by atoms with Gasteiger partial charge in [0.25, 0.3) is 0 Å². The van der Waals surface area contributed by atoms with E-state index in [0.717, 1.165) is 17.7 Å². The number of carbonyl (C=O) groups is 1. The van der Waals surface area contributed by atoms with Crippen molar-refractivity contribution < 1.29 is 4.79 Å². The molecule has 0 bridgehead atoms. The van der Waals surface area contributed by atoms with Gasteiger partial charge in [-0.25, -0.2) is 4.98 Å². The molecule has 1 N–H and O–H groups in total. The van der Waals surface area contributed by atoms with Crippen LogP contribution in [0.15, 0.2) is 60.2 Å². The Morgan fingerprint density at radius 2 is 2.04 bits per heavy atom. The maximum atomic E-state index is 12.3. The third-order valence-corrected chi connectivity index (χ3v) is 4.80. The number of hydrogen-bond acceptors (Lipinski definition) is 4. The van der Waals surface area contributed by atoms with Crippen molar-refractivity contribution >= 4 is 22.4 Å². The standard InChI is InChI=1S/C18H15N3OS/c22-17(15-9-14(15)12-5-2-1-3-6-12)21-18-20-16(11-23-18)13-7-4-8-19-10-13/h1-8,10-11,14-15H,9H2,(H,20,21,22). The predicted molar refractivity (Wildman–Crippen MR) is 91.3 cm³/mol. The molecule has 23 heavy (non-hydrogen) atoms. The molecule has 1 aliphatic carbocycles. The van der Waals surface area contributed by atoms with Crippen molar-refractivity contribution in [3.8, 4) is 11.3 Å². The number of anilines is 1. The molecule has 1 saturated carbocycles. The van der Waals surface area contributed by atoms with Crippen LogP contribution in [0.2, 0.25) is 0 Å². The molecule has 1 aromatic carbocycles. The number of thiazole rings is 1. The van der Waals surface area contributed by atoms with Crippen molar-refractivity contribution in [1.82, 2.24) is 9.97 Å². The van der Waals surface area contributed by atoms with Crippen LogP contribution in [0.3, 0.4) is 0 Å². The minimum atomic E-state index is 0.0585. The lowest BCUT2D eigenvalue weighted by Gasteiger charge is -2.01. The van der Waals surface area contributed by atoms with E-state index in [-0.39, 0.29) is 11.8 Å². The normalized spacial score (nSPS) is 19.3. The number of hydrogen-bond donors (Lipinski definition) is 1. The van der Waals surface area contributed by atoms with Crippen molar-refractivity contribution in [3.05, 3.63) is 65.8 Å². The zero-order valence-corrected chi connectivity index (χ0v) is 13.2. The van der Waals surface area contributed by atoms with E-state index in [9.17, 15) is 4.79 Å². The highest BCUT2D eigenvalue weighted by molar-refractivity contribution is 7.14. The highest BCUT2D eigenvalue weighted by atomic mass is 32.1. The molecule has 0 saturated heterocycles.